The smallest absolute Gasteiger partial charge is 0.356 e. The molecule has 45 heavy (non-hydrogen) atoms. The van der Waals surface area contributed by atoms with Gasteiger partial charge in [0.15, 0.2) is 17.2 Å². The molecule has 7 rings (SSSR count). The first kappa shape index (κ1) is 29.3. The minimum atomic E-state index is -0.772. The average Bonchev–Trinajstić information content (AvgIpc) is 3.59. The first-order chi connectivity index (χ1) is 21.9. The van der Waals surface area contributed by atoms with Gasteiger partial charge in [-0.05, 0) is 55.4 Å². The number of aromatic nitrogens is 5. The Hall–Kier alpha value is -4.42. The summed E-state index contributed by atoms with van der Waals surface area (Å²) in [6.07, 6.45) is 7.21. The van der Waals surface area contributed by atoms with Crippen molar-refractivity contribution in [1.82, 2.24) is 24.5 Å². The summed E-state index contributed by atoms with van der Waals surface area (Å²) in [5.74, 6) is 0.167. The van der Waals surface area contributed by atoms with E-state index in [0.717, 1.165) is 43.5 Å². The molecular weight excluding hydrogens is 608 g/mol. The fourth-order valence-electron chi connectivity index (χ4n) is 5.77. The fraction of sp³-hybridized carbons (Fsp3) is 0.344. The lowest BCUT2D eigenvalue weighted by Crippen LogP contribution is -2.32. The maximum atomic E-state index is 14.6. The number of carbonyl (C=O) groups is 1. The zero-order valence-electron chi connectivity index (χ0n) is 24.3. The number of benzene rings is 1. The van der Waals surface area contributed by atoms with Crippen molar-refractivity contribution in [2.45, 2.75) is 51.4 Å². The van der Waals surface area contributed by atoms with Crippen LogP contribution < -0.4 is 4.74 Å². The molecule has 0 bridgehead atoms. The molecule has 1 saturated heterocycles. The first-order valence-electron chi connectivity index (χ1n) is 14.6. The predicted octanol–water partition coefficient (Wildman–Crippen LogP) is 6.48. The molecule has 232 valence electrons. The second kappa shape index (κ2) is 12.2. The SMILES string of the molecule is COC(=O)c1ccc2nc(CC3CC=C(c4ncc(F)c(OCc5ccc(Cl)c6cc(F)oc56)n4)CC3)n(C[C@@H]3CCO3)c2n1. The van der Waals surface area contributed by atoms with Crippen LogP contribution in [0.25, 0.3) is 27.7 Å². The van der Waals surface area contributed by atoms with Crippen LogP contribution in [0.3, 0.4) is 0 Å². The molecule has 0 saturated carbocycles. The standard InChI is InChI=1S/C32H28ClF2N5O5/c1-42-32(41)25-9-8-24-30(38-25)40(15-20-10-11-43-20)27(37-24)12-17-2-4-18(5-3-17)29-36-14-23(34)31(39-29)44-16-19-6-7-22(33)21-13-26(35)45-28(19)21/h4,6-9,13-14,17,20H,2-3,5,10-12,15-16H2,1H3/t17?,20-/m0/s1. The molecule has 1 unspecified atom stereocenters. The third-order valence-electron chi connectivity index (χ3n) is 8.28. The maximum absolute atomic E-state index is 14.6. The van der Waals surface area contributed by atoms with Crippen LogP contribution >= 0.6 is 11.6 Å². The normalized spacial score (nSPS) is 18.2. The van der Waals surface area contributed by atoms with Crippen molar-refractivity contribution in [3.05, 3.63) is 82.4 Å². The maximum Gasteiger partial charge on any atom is 0.356 e. The summed E-state index contributed by atoms with van der Waals surface area (Å²) in [5.41, 5.74) is 3.23. The van der Waals surface area contributed by atoms with Crippen LogP contribution in [-0.2, 0) is 29.0 Å². The van der Waals surface area contributed by atoms with Crippen LogP contribution in [0.1, 0.15) is 53.4 Å². The lowest BCUT2D eigenvalue weighted by molar-refractivity contribution is -0.0591. The number of nitrogens with zero attached hydrogens (tertiary/aromatic N) is 5. The van der Waals surface area contributed by atoms with E-state index in [1.54, 1.807) is 24.3 Å². The van der Waals surface area contributed by atoms with Crippen LogP contribution in [0.2, 0.25) is 5.02 Å². The Bertz CT molecular complexity index is 1950. The Morgan fingerprint density at radius 2 is 2.02 bits per heavy atom. The van der Waals surface area contributed by atoms with E-state index in [4.69, 9.17) is 35.2 Å². The number of carbonyl (C=O) groups excluding carboxylic acids is 1. The number of esters is 1. The van der Waals surface area contributed by atoms with Gasteiger partial charge in [0, 0.05) is 30.0 Å². The molecule has 5 heterocycles. The van der Waals surface area contributed by atoms with Crippen LogP contribution in [0.15, 0.2) is 47.0 Å². The largest absolute Gasteiger partial charge is 0.470 e. The van der Waals surface area contributed by atoms with Gasteiger partial charge in [0.05, 0.1) is 31.0 Å². The van der Waals surface area contributed by atoms with Gasteiger partial charge in [-0.2, -0.15) is 13.8 Å². The van der Waals surface area contributed by atoms with E-state index in [9.17, 15) is 13.6 Å². The third-order valence-corrected chi connectivity index (χ3v) is 8.61. The quantitative estimate of drug-likeness (QED) is 0.168. The van der Waals surface area contributed by atoms with E-state index in [-0.39, 0.29) is 29.9 Å². The van der Waals surface area contributed by atoms with E-state index >= 15 is 0 Å². The molecule has 1 fully saturated rings. The minimum absolute atomic E-state index is 0.0839. The molecule has 10 nitrogen and oxygen atoms in total. The zero-order valence-corrected chi connectivity index (χ0v) is 25.0. The second-order valence-electron chi connectivity index (χ2n) is 11.2. The lowest BCUT2D eigenvalue weighted by Gasteiger charge is -2.28. The highest BCUT2D eigenvalue weighted by Gasteiger charge is 2.26. The van der Waals surface area contributed by atoms with Gasteiger partial charge < -0.3 is 23.2 Å². The van der Waals surface area contributed by atoms with Crippen molar-refractivity contribution in [3.8, 4) is 5.88 Å². The number of pyridine rings is 1. The number of imidazole rings is 1. The predicted molar refractivity (Wildman–Crippen MR) is 160 cm³/mol. The summed E-state index contributed by atoms with van der Waals surface area (Å²) in [4.78, 5) is 30.1. The summed E-state index contributed by atoms with van der Waals surface area (Å²) in [6.45, 7) is 1.24. The molecule has 0 N–H and O–H groups in total. The number of allylic oxidation sites excluding steroid dienone is 2. The first-order valence-corrected chi connectivity index (χ1v) is 15.0. The van der Waals surface area contributed by atoms with Crippen LogP contribution in [0.5, 0.6) is 5.88 Å². The van der Waals surface area contributed by atoms with Crippen molar-refractivity contribution in [3.63, 3.8) is 0 Å². The number of hydrogen-bond acceptors (Lipinski definition) is 9. The van der Waals surface area contributed by atoms with Crippen molar-refractivity contribution in [1.29, 1.82) is 0 Å². The van der Waals surface area contributed by atoms with Gasteiger partial charge in [-0.25, -0.2) is 19.7 Å². The summed E-state index contributed by atoms with van der Waals surface area (Å²) in [5, 5.41) is 0.753. The molecule has 13 heteroatoms. The van der Waals surface area contributed by atoms with E-state index < -0.39 is 17.8 Å². The summed E-state index contributed by atoms with van der Waals surface area (Å²) in [6, 6.07) is 7.09. The Balaban J connectivity index is 1.07. The Morgan fingerprint density at radius 1 is 1.16 bits per heavy atom. The van der Waals surface area contributed by atoms with Crippen LogP contribution in [0, 0.1) is 17.7 Å². The number of methoxy groups -OCH3 is 1. The van der Waals surface area contributed by atoms with Gasteiger partial charge in [0.1, 0.15) is 23.5 Å². The fourth-order valence-corrected chi connectivity index (χ4v) is 5.97. The van der Waals surface area contributed by atoms with Crippen molar-refractivity contribution < 1.29 is 32.2 Å². The van der Waals surface area contributed by atoms with Crippen molar-refractivity contribution >= 4 is 45.3 Å². The van der Waals surface area contributed by atoms with Crippen LogP contribution in [-0.4, -0.2) is 50.3 Å². The lowest BCUT2D eigenvalue weighted by atomic mass is 9.87. The summed E-state index contributed by atoms with van der Waals surface area (Å²) >= 11 is 6.14. The number of ether oxygens (including phenoxy) is 3. The van der Waals surface area contributed by atoms with Gasteiger partial charge >= 0.3 is 5.97 Å². The molecule has 2 aliphatic rings. The number of furan rings is 1. The van der Waals surface area contributed by atoms with Gasteiger partial charge in [0.25, 0.3) is 11.9 Å². The summed E-state index contributed by atoms with van der Waals surface area (Å²) < 4.78 is 51.8. The highest BCUT2D eigenvalue weighted by Crippen LogP contribution is 2.33. The van der Waals surface area contributed by atoms with E-state index in [0.29, 0.717) is 58.3 Å². The molecule has 0 radical (unpaired) electrons. The monoisotopic (exact) mass is 635 g/mol. The number of rotatable bonds is 9. The molecule has 1 aliphatic carbocycles. The highest BCUT2D eigenvalue weighted by molar-refractivity contribution is 6.35. The van der Waals surface area contributed by atoms with Gasteiger partial charge in [0.2, 0.25) is 5.82 Å². The topological polar surface area (TPSA) is 114 Å². The Kier molecular flexibility index (Phi) is 7.92. The van der Waals surface area contributed by atoms with E-state index in [2.05, 4.69) is 25.6 Å². The molecule has 2 atom stereocenters. The average molecular weight is 636 g/mol. The van der Waals surface area contributed by atoms with E-state index in [1.165, 1.54) is 13.2 Å². The third kappa shape index (κ3) is 5.87. The van der Waals surface area contributed by atoms with Crippen LogP contribution in [0.4, 0.5) is 8.78 Å². The summed E-state index contributed by atoms with van der Waals surface area (Å²) in [7, 11) is 1.33. The zero-order chi connectivity index (χ0) is 31.1. The second-order valence-corrected chi connectivity index (χ2v) is 11.6. The number of halogens is 3. The molecular formula is C32H28ClF2N5O5. The van der Waals surface area contributed by atoms with Crippen molar-refractivity contribution in [2.75, 3.05) is 13.7 Å². The highest BCUT2D eigenvalue weighted by atomic mass is 35.5. The molecule has 0 amide bonds. The van der Waals surface area contributed by atoms with Crippen molar-refractivity contribution in [2.24, 2.45) is 5.92 Å². The molecule has 1 aliphatic heterocycles. The molecule has 1 aromatic carbocycles. The van der Waals surface area contributed by atoms with Gasteiger partial charge in [-0.3, -0.25) is 0 Å². The molecule has 5 aromatic rings. The van der Waals surface area contributed by atoms with Gasteiger partial charge in [-0.1, -0.05) is 23.7 Å². The number of fused-ring (bicyclic) bond motifs is 2. The molecule has 4 aromatic heterocycles. The Morgan fingerprint density at radius 3 is 2.78 bits per heavy atom. The Labute approximate surface area is 261 Å². The van der Waals surface area contributed by atoms with E-state index in [1.807, 2.05) is 0 Å². The molecule has 0 spiro atoms. The minimum Gasteiger partial charge on any atom is -0.470 e. The van der Waals surface area contributed by atoms with Gasteiger partial charge in [-0.15, -0.1) is 0 Å². The number of hydrogen-bond donors (Lipinski definition) is 0.